The zero-order valence-corrected chi connectivity index (χ0v) is 15.1. The molecule has 0 saturated carbocycles. The largest absolute Gasteiger partial charge is 0.432 e. The van der Waals surface area contributed by atoms with E-state index in [2.05, 4.69) is 20.7 Å². The van der Waals surface area contributed by atoms with Gasteiger partial charge in [0.25, 0.3) is 5.91 Å². The molecule has 0 radical (unpaired) electrons. The van der Waals surface area contributed by atoms with E-state index in [0.29, 0.717) is 10.6 Å². The van der Waals surface area contributed by atoms with Gasteiger partial charge in [-0.3, -0.25) is 15.2 Å². The highest BCUT2D eigenvalue weighted by Gasteiger charge is 2.33. The molecule has 1 unspecified atom stereocenters. The quantitative estimate of drug-likeness (QED) is 0.527. The highest BCUT2D eigenvalue weighted by molar-refractivity contribution is 6.30. The van der Waals surface area contributed by atoms with E-state index >= 15 is 0 Å². The lowest BCUT2D eigenvalue weighted by Gasteiger charge is -2.13. The van der Waals surface area contributed by atoms with E-state index in [4.69, 9.17) is 16.3 Å². The number of H-pyrrole nitrogens is 1. The first-order chi connectivity index (χ1) is 12.7. The number of aromatic amines is 1. The summed E-state index contributed by atoms with van der Waals surface area (Å²) in [6.07, 6.45) is -4.57. The number of alkyl halides is 3. The molecule has 0 spiro atoms. The van der Waals surface area contributed by atoms with Crippen molar-refractivity contribution in [3.8, 4) is 0 Å². The molecule has 11 heteroatoms. The molecule has 3 N–H and O–H groups in total. The minimum Gasteiger partial charge on any atom is -0.382 e. The van der Waals surface area contributed by atoms with Crippen molar-refractivity contribution in [2.75, 3.05) is 19.0 Å². The summed E-state index contributed by atoms with van der Waals surface area (Å²) in [6.45, 7) is 1.96. The minimum atomic E-state index is -4.57. The van der Waals surface area contributed by atoms with Gasteiger partial charge in [-0.2, -0.15) is 18.3 Å². The number of hydrogen-bond donors (Lipinski definition) is 3. The molecule has 1 aromatic carbocycles. The van der Waals surface area contributed by atoms with Crippen LogP contribution in [0.5, 0.6) is 0 Å². The molecule has 1 atom stereocenters. The molecule has 2 rings (SSSR count). The summed E-state index contributed by atoms with van der Waals surface area (Å²) >= 11 is 5.79. The second-order valence-corrected chi connectivity index (χ2v) is 5.97. The Balaban J connectivity index is 2.19. The summed E-state index contributed by atoms with van der Waals surface area (Å²) in [5.41, 5.74) is -0.732. The summed E-state index contributed by atoms with van der Waals surface area (Å²) < 4.78 is 43.0. The zero-order chi connectivity index (χ0) is 20.0. The van der Waals surface area contributed by atoms with Crippen molar-refractivity contribution in [3.05, 3.63) is 46.6 Å². The highest BCUT2D eigenvalue weighted by Crippen LogP contribution is 2.28. The topological polar surface area (TPSA) is 91.4 Å². The highest BCUT2D eigenvalue weighted by atomic mass is 35.5. The molecule has 0 aliphatic heterocycles. The number of benzene rings is 1. The first-order valence-electron chi connectivity index (χ1n) is 7.72. The Morgan fingerprint density at radius 2 is 2.04 bits per heavy atom. The van der Waals surface area contributed by atoms with Gasteiger partial charge in [0.2, 0.25) is 5.96 Å². The summed E-state index contributed by atoms with van der Waals surface area (Å²) in [6, 6.07) is 6.48. The number of hydrogen-bond acceptors (Lipinski definition) is 4. The predicted octanol–water partition coefficient (Wildman–Crippen LogP) is 3.31. The molecule has 0 aliphatic carbocycles. The van der Waals surface area contributed by atoms with Crippen molar-refractivity contribution in [3.63, 3.8) is 0 Å². The van der Waals surface area contributed by atoms with Gasteiger partial charge >= 0.3 is 6.18 Å². The summed E-state index contributed by atoms with van der Waals surface area (Å²) in [5, 5.41) is 10.9. The van der Waals surface area contributed by atoms with Crippen molar-refractivity contribution in [2.45, 2.75) is 19.1 Å². The summed E-state index contributed by atoms with van der Waals surface area (Å²) in [5.74, 6) is -0.740. The van der Waals surface area contributed by atoms with Crippen LogP contribution in [-0.4, -0.2) is 41.8 Å². The molecule has 2 aromatic rings. The molecule has 1 heterocycles. The van der Waals surface area contributed by atoms with E-state index in [1.54, 1.807) is 6.92 Å². The van der Waals surface area contributed by atoms with E-state index in [1.807, 2.05) is 5.10 Å². The Bertz CT molecular complexity index is 805. The Labute approximate surface area is 158 Å². The maximum atomic E-state index is 12.7. The molecule has 0 bridgehead atoms. The number of methoxy groups -OCH3 is 1. The number of aromatic nitrogens is 2. The molecule has 0 aliphatic rings. The van der Waals surface area contributed by atoms with Crippen LogP contribution in [0.3, 0.4) is 0 Å². The number of halogens is 4. The molecule has 0 fully saturated rings. The Morgan fingerprint density at radius 3 is 2.59 bits per heavy atom. The Morgan fingerprint density at radius 1 is 1.37 bits per heavy atom. The number of ether oxygens (including phenoxy) is 1. The van der Waals surface area contributed by atoms with E-state index < -0.39 is 17.8 Å². The number of amides is 1. The third kappa shape index (κ3) is 6.26. The predicted molar refractivity (Wildman–Crippen MR) is 94.9 cm³/mol. The summed E-state index contributed by atoms with van der Waals surface area (Å²) in [4.78, 5) is 16.5. The van der Waals surface area contributed by atoms with Gasteiger partial charge in [0.15, 0.2) is 5.82 Å². The zero-order valence-electron chi connectivity index (χ0n) is 14.4. The van der Waals surface area contributed by atoms with Gasteiger partial charge in [-0.1, -0.05) is 11.6 Å². The SMILES string of the molecule is COCC(C)N=C(NC(=O)c1ccc(Cl)cc1)Nc1cc(C(F)(F)F)[nH]n1. The monoisotopic (exact) mass is 403 g/mol. The van der Waals surface area contributed by atoms with Crippen molar-refractivity contribution in [1.82, 2.24) is 15.5 Å². The van der Waals surface area contributed by atoms with Crippen LogP contribution in [0, 0.1) is 0 Å². The maximum Gasteiger partial charge on any atom is 0.432 e. The van der Waals surface area contributed by atoms with E-state index in [0.717, 1.165) is 6.07 Å². The second-order valence-electron chi connectivity index (χ2n) is 5.53. The van der Waals surface area contributed by atoms with Crippen molar-refractivity contribution >= 4 is 29.3 Å². The molecule has 0 saturated heterocycles. The molecule has 27 heavy (non-hydrogen) atoms. The van der Waals surface area contributed by atoms with Crippen LogP contribution >= 0.6 is 11.6 Å². The molecular weight excluding hydrogens is 387 g/mol. The number of aliphatic imine (C=N–C) groups is 1. The standard InChI is InChI=1S/C16H17ClF3N5O2/c1-9(8-27-2)21-15(22-13-7-12(24-25-13)16(18,19)20)23-14(26)10-3-5-11(17)6-4-10/h3-7,9H,8H2,1-2H3,(H3,21,22,23,24,25,26). The fourth-order valence-corrected chi connectivity index (χ4v) is 2.15. The van der Waals surface area contributed by atoms with Crippen molar-refractivity contribution in [1.29, 1.82) is 0 Å². The van der Waals surface area contributed by atoms with Gasteiger partial charge in [0.1, 0.15) is 5.69 Å². The van der Waals surface area contributed by atoms with Crippen LogP contribution in [-0.2, 0) is 10.9 Å². The molecular formula is C16H17ClF3N5O2. The molecule has 1 amide bonds. The second kappa shape index (κ2) is 8.87. The van der Waals surface area contributed by atoms with Crippen molar-refractivity contribution in [2.24, 2.45) is 4.99 Å². The van der Waals surface area contributed by atoms with Crippen LogP contribution in [0.25, 0.3) is 0 Å². The van der Waals surface area contributed by atoms with E-state index in [-0.39, 0.29) is 24.4 Å². The number of nitrogens with one attached hydrogen (secondary N) is 3. The molecule has 146 valence electrons. The number of guanidine groups is 1. The van der Waals surface area contributed by atoms with Crippen molar-refractivity contribution < 1.29 is 22.7 Å². The van der Waals surface area contributed by atoms with Crippen LogP contribution in [0.15, 0.2) is 35.3 Å². The minimum absolute atomic E-state index is 0.0697. The average Bonchev–Trinajstić information content (AvgIpc) is 3.04. The number of carbonyl (C=O) groups excluding carboxylic acids is 1. The average molecular weight is 404 g/mol. The Kier molecular flexibility index (Phi) is 6.81. The first-order valence-corrected chi connectivity index (χ1v) is 8.10. The van der Waals surface area contributed by atoms with E-state index in [9.17, 15) is 18.0 Å². The van der Waals surface area contributed by atoms with Gasteiger partial charge in [0, 0.05) is 23.8 Å². The lowest BCUT2D eigenvalue weighted by Crippen LogP contribution is -2.37. The van der Waals surface area contributed by atoms with Gasteiger partial charge < -0.3 is 10.1 Å². The first kappa shape index (κ1) is 20.7. The van der Waals surface area contributed by atoms with Crippen LogP contribution < -0.4 is 10.6 Å². The number of rotatable bonds is 5. The third-order valence-corrected chi connectivity index (χ3v) is 3.48. The third-order valence-electron chi connectivity index (χ3n) is 3.23. The number of carbonyl (C=O) groups is 1. The maximum absolute atomic E-state index is 12.7. The van der Waals surface area contributed by atoms with Crippen LogP contribution in [0.1, 0.15) is 23.0 Å². The fourth-order valence-electron chi connectivity index (χ4n) is 2.03. The van der Waals surface area contributed by atoms with E-state index in [1.165, 1.54) is 31.4 Å². The van der Waals surface area contributed by atoms with Crippen LogP contribution in [0.4, 0.5) is 19.0 Å². The van der Waals surface area contributed by atoms with Gasteiger partial charge in [-0.15, -0.1) is 0 Å². The van der Waals surface area contributed by atoms with Crippen LogP contribution in [0.2, 0.25) is 5.02 Å². The fraction of sp³-hybridized carbons (Fsp3) is 0.312. The van der Waals surface area contributed by atoms with Gasteiger partial charge in [0.05, 0.1) is 12.6 Å². The lowest BCUT2D eigenvalue weighted by molar-refractivity contribution is -0.141. The lowest BCUT2D eigenvalue weighted by atomic mass is 10.2. The van der Waals surface area contributed by atoms with Gasteiger partial charge in [-0.05, 0) is 31.2 Å². The normalized spacial score (nSPS) is 13.3. The number of anilines is 1. The summed E-state index contributed by atoms with van der Waals surface area (Å²) in [7, 11) is 1.48. The van der Waals surface area contributed by atoms with Gasteiger partial charge in [-0.25, -0.2) is 4.99 Å². The number of nitrogens with zero attached hydrogens (tertiary/aromatic N) is 2. The molecule has 7 nitrogen and oxygen atoms in total. The Hall–Kier alpha value is -2.59. The molecule has 1 aromatic heterocycles. The smallest absolute Gasteiger partial charge is 0.382 e.